The third kappa shape index (κ3) is 4.46. The molecule has 1 heterocycles. The standard InChI is InChI=1S/C15H21N5S/c1-4-11-5-7-12(8-6-11)18-14(16)17-9-13-10-21-15(19-13)20(2)3/h5-8,10H,4,9H2,1-3H3,(H3,16,17,18). The van der Waals surface area contributed by atoms with Crippen molar-refractivity contribution in [2.75, 3.05) is 24.3 Å². The largest absolute Gasteiger partial charge is 0.370 e. The molecule has 2 rings (SSSR count). The summed E-state index contributed by atoms with van der Waals surface area (Å²) in [7, 11) is 3.95. The highest BCUT2D eigenvalue weighted by Gasteiger charge is 2.03. The zero-order valence-electron chi connectivity index (χ0n) is 12.6. The molecule has 0 saturated carbocycles. The molecule has 2 aromatic rings. The lowest BCUT2D eigenvalue weighted by Gasteiger charge is -2.06. The van der Waals surface area contributed by atoms with E-state index in [0.29, 0.717) is 12.5 Å². The van der Waals surface area contributed by atoms with Crippen LogP contribution in [0.4, 0.5) is 10.8 Å². The SMILES string of the molecule is CCc1ccc(NC(N)=NCc2csc(N(C)C)n2)cc1. The highest BCUT2D eigenvalue weighted by molar-refractivity contribution is 7.13. The number of guanidine groups is 1. The number of nitrogens with two attached hydrogens (primary N) is 1. The van der Waals surface area contributed by atoms with Crippen LogP contribution in [0.2, 0.25) is 0 Å². The molecule has 21 heavy (non-hydrogen) atoms. The van der Waals surface area contributed by atoms with Gasteiger partial charge in [0.1, 0.15) is 0 Å². The van der Waals surface area contributed by atoms with Gasteiger partial charge in [-0.05, 0) is 24.1 Å². The number of nitrogens with one attached hydrogen (secondary N) is 1. The lowest BCUT2D eigenvalue weighted by molar-refractivity contribution is 0.986. The molecule has 112 valence electrons. The fraction of sp³-hybridized carbons (Fsp3) is 0.333. The highest BCUT2D eigenvalue weighted by Crippen LogP contribution is 2.18. The summed E-state index contributed by atoms with van der Waals surface area (Å²) < 4.78 is 0. The van der Waals surface area contributed by atoms with Gasteiger partial charge in [0, 0.05) is 25.2 Å². The first-order chi connectivity index (χ1) is 10.1. The van der Waals surface area contributed by atoms with Crippen molar-refractivity contribution in [3.8, 4) is 0 Å². The number of nitrogens with zero attached hydrogens (tertiary/aromatic N) is 3. The first-order valence-corrected chi connectivity index (χ1v) is 7.74. The molecule has 5 nitrogen and oxygen atoms in total. The number of hydrogen-bond acceptors (Lipinski definition) is 4. The van der Waals surface area contributed by atoms with E-state index < -0.39 is 0 Å². The van der Waals surface area contributed by atoms with Crippen molar-refractivity contribution in [3.63, 3.8) is 0 Å². The van der Waals surface area contributed by atoms with E-state index in [4.69, 9.17) is 5.73 Å². The van der Waals surface area contributed by atoms with Gasteiger partial charge in [0.05, 0.1) is 12.2 Å². The molecule has 0 aliphatic rings. The average Bonchev–Trinajstić information content (AvgIpc) is 2.95. The van der Waals surface area contributed by atoms with Crippen LogP contribution in [-0.4, -0.2) is 25.0 Å². The number of thiazole rings is 1. The Hall–Kier alpha value is -2.08. The number of rotatable bonds is 5. The Labute approximate surface area is 129 Å². The number of benzene rings is 1. The molecule has 6 heteroatoms. The van der Waals surface area contributed by atoms with Gasteiger partial charge in [0.15, 0.2) is 11.1 Å². The summed E-state index contributed by atoms with van der Waals surface area (Å²) in [6, 6.07) is 8.18. The van der Waals surface area contributed by atoms with Gasteiger partial charge in [-0.3, -0.25) is 0 Å². The molecule has 0 spiro atoms. The first-order valence-electron chi connectivity index (χ1n) is 6.86. The third-order valence-electron chi connectivity index (χ3n) is 2.97. The maximum absolute atomic E-state index is 5.89. The molecular formula is C15H21N5S. The summed E-state index contributed by atoms with van der Waals surface area (Å²) in [6.07, 6.45) is 1.03. The van der Waals surface area contributed by atoms with Crippen molar-refractivity contribution >= 4 is 28.1 Å². The summed E-state index contributed by atoms with van der Waals surface area (Å²) in [5, 5.41) is 6.06. The third-order valence-corrected chi connectivity index (χ3v) is 4.03. The minimum Gasteiger partial charge on any atom is -0.370 e. The maximum atomic E-state index is 5.89. The van der Waals surface area contributed by atoms with E-state index in [1.165, 1.54) is 5.56 Å². The second kappa shape index (κ2) is 7.08. The van der Waals surface area contributed by atoms with E-state index in [9.17, 15) is 0 Å². The fourth-order valence-electron chi connectivity index (χ4n) is 1.75. The Bertz CT molecular complexity index is 601. The number of anilines is 2. The maximum Gasteiger partial charge on any atom is 0.193 e. The molecule has 0 atom stereocenters. The average molecular weight is 303 g/mol. The molecule has 0 radical (unpaired) electrons. The Morgan fingerprint density at radius 2 is 2.05 bits per heavy atom. The number of hydrogen-bond donors (Lipinski definition) is 2. The van der Waals surface area contributed by atoms with E-state index in [-0.39, 0.29) is 0 Å². The van der Waals surface area contributed by atoms with Gasteiger partial charge in [-0.2, -0.15) is 0 Å². The van der Waals surface area contributed by atoms with Crippen LogP contribution >= 0.6 is 11.3 Å². The Kier molecular flexibility index (Phi) is 5.16. The van der Waals surface area contributed by atoms with Crippen molar-refractivity contribution in [1.82, 2.24) is 4.98 Å². The highest BCUT2D eigenvalue weighted by atomic mass is 32.1. The predicted octanol–water partition coefficient (Wildman–Crippen LogP) is 2.70. The molecule has 1 aromatic heterocycles. The van der Waals surface area contributed by atoms with Gasteiger partial charge in [0.25, 0.3) is 0 Å². The van der Waals surface area contributed by atoms with Crippen LogP contribution < -0.4 is 16.0 Å². The van der Waals surface area contributed by atoms with Gasteiger partial charge >= 0.3 is 0 Å². The van der Waals surface area contributed by atoms with Gasteiger partial charge in [-0.15, -0.1) is 11.3 Å². The normalized spacial score (nSPS) is 11.5. The molecule has 0 aliphatic carbocycles. The zero-order valence-corrected chi connectivity index (χ0v) is 13.4. The monoisotopic (exact) mass is 303 g/mol. The summed E-state index contributed by atoms with van der Waals surface area (Å²) in [5.74, 6) is 0.402. The molecular weight excluding hydrogens is 282 g/mol. The summed E-state index contributed by atoms with van der Waals surface area (Å²) >= 11 is 1.60. The van der Waals surface area contributed by atoms with Gasteiger partial charge in [0.2, 0.25) is 0 Å². The van der Waals surface area contributed by atoms with Crippen LogP contribution in [0, 0.1) is 0 Å². The Morgan fingerprint density at radius 1 is 1.33 bits per heavy atom. The van der Waals surface area contributed by atoms with E-state index >= 15 is 0 Å². The number of aromatic nitrogens is 1. The fourth-order valence-corrected chi connectivity index (χ4v) is 2.50. The van der Waals surface area contributed by atoms with Crippen molar-refractivity contribution in [2.45, 2.75) is 19.9 Å². The van der Waals surface area contributed by atoms with Crippen molar-refractivity contribution in [2.24, 2.45) is 10.7 Å². The first kappa shape index (κ1) is 15.3. The van der Waals surface area contributed by atoms with Gasteiger partial charge in [-0.1, -0.05) is 19.1 Å². The van der Waals surface area contributed by atoms with Gasteiger partial charge < -0.3 is 16.0 Å². The minimum absolute atomic E-state index is 0.402. The molecule has 3 N–H and O–H groups in total. The number of aliphatic imine (C=N–C) groups is 1. The molecule has 0 saturated heterocycles. The lowest BCUT2D eigenvalue weighted by Crippen LogP contribution is -2.22. The topological polar surface area (TPSA) is 66.5 Å². The quantitative estimate of drug-likeness (QED) is 0.658. The van der Waals surface area contributed by atoms with Crippen LogP contribution in [-0.2, 0) is 13.0 Å². The number of aryl methyl sites for hydroxylation is 1. The van der Waals surface area contributed by atoms with Crippen LogP contribution in [0.15, 0.2) is 34.6 Å². The summed E-state index contributed by atoms with van der Waals surface area (Å²) in [4.78, 5) is 10.8. The molecule has 0 aliphatic heterocycles. The Morgan fingerprint density at radius 3 is 2.62 bits per heavy atom. The van der Waals surface area contributed by atoms with Crippen molar-refractivity contribution in [1.29, 1.82) is 0 Å². The molecule has 1 aromatic carbocycles. The lowest BCUT2D eigenvalue weighted by atomic mass is 10.1. The van der Waals surface area contributed by atoms with E-state index in [2.05, 4.69) is 34.3 Å². The minimum atomic E-state index is 0.402. The molecule has 0 fully saturated rings. The van der Waals surface area contributed by atoms with E-state index in [1.807, 2.05) is 36.5 Å². The molecule has 0 unspecified atom stereocenters. The van der Waals surface area contributed by atoms with Crippen molar-refractivity contribution in [3.05, 3.63) is 40.9 Å². The van der Waals surface area contributed by atoms with E-state index in [0.717, 1.165) is 22.9 Å². The van der Waals surface area contributed by atoms with Crippen LogP contribution in [0.3, 0.4) is 0 Å². The van der Waals surface area contributed by atoms with Crippen LogP contribution in [0.1, 0.15) is 18.2 Å². The van der Waals surface area contributed by atoms with Crippen LogP contribution in [0.5, 0.6) is 0 Å². The zero-order chi connectivity index (χ0) is 15.2. The van der Waals surface area contributed by atoms with Crippen LogP contribution in [0.25, 0.3) is 0 Å². The smallest absolute Gasteiger partial charge is 0.193 e. The van der Waals surface area contributed by atoms with Crippen molar-refractivity contribution < 1.29 is 0 Å². The second-order valence-corrected chi connectivity index (χ2v) is 5.73. The predicted molar refractivity (Wildman–Crippen MR) is 91.2 cm³/mol. The molecule has 0 bridgehead atoms. The summed E-state index contributed by atoms with van der Waals surface area (Å²) in [6.45, 7) is 2.62. The van der Waals surface area contributed by atoms with Gasteiger partial charge in [-0.25, -0.2) is 9.98 Å². The Balaban J connectivity index is 1.93. The summed E-state index contributed by atoms with van der Waals surface area (Å²) in [5.41, 5.74) is 9.07. The molecule has 0 amide bonds. The van der Waals surface area contributed by atoms with E-state index in [1.54, 1.807) is 11.3 Å². The second-order valence-electron chi connectivity index (χ2n) is 4.89.